The fraction of sp³-hybridized carbons (Fsp3) is 0.667. The lowest BCUT2D eigenvalue weighted by molar-refractivity contribution is 1.18. The quantitative estimate of drug-likeness (QED) is 0.412. The van der Waals surface area contributed by atoms with Gasteiger partial charge in [0.25, 0.3) is 0 Å². The average Bonchev–Trinajstić information content (AvgIpc) is 2.45. The lowest BCUT2D eigenvalue weighted by atomic mass is 10.3. The van der Waals surface area contributed by atoms with E-state index >= 15 is 0 Å². The van der Waals surface area contributed by atoms with Gasteiger partial charge in [-0.15, -0.1) is 0 Å². The predicted molar refractivity (Wildman–Crippen MR) is 34.6 cm³/mol. The maximum atomic E-state index is 6.64. The van der Waals surface area contributed by atoms with Crippen LogP contribution in [0.3, 0.4) is 0 Å². The molecular formula is C6H10N2. The highest BCUT2D eigenvalue weighted by Crippen LogP contribution is 2.30. The SMILES string of the molecule is CC(=NC=N)C1CC1. The highest BCUT2D eigenvalue weighted by atomic mass is 14.8. The zero-order valence-corrected chi connectivity index (χ0v) is 5.02. The normalized spacial score (nSPS) is 20.9. The summed E-state index contributed by atoms with van der Waals surface area (Å²) < 4.78 is 0. The van der Waals surface area contributed by atoms with E-state index in [4.69, 9.17) is 5.41 Å². The smallest absolute Gasteiger partial charge is 0.106 e. The summed E-state index contributed by atoms with van der Waals surface area (Å²) in [6.45, 7) is 1.99. The van der Waals surface area contributed by atoms with Crippen molar-refractivity contribution in [1.82, 2.24) is 0 Å². The van der Waals surface area contributed by atoms with Gasteiger partial charge in [-0.2, -0.15) is 0 Å². The molecule has 0 atom stereocenters. The molecule has 0 unspecified atom stereocenters. The molecular weight excluding hydrogens is 100 g/mol. The maximum absolute atomic E-state index is 6.64. The van der Waals surface area contributed by atoms with E-state index < -0.39 is 0 Å². The first-order chi connectivity index (χ1) is 3.84. The highest BCUT2D eigenvalue weighted by Gasteiger charge is 2.23. The van der Waals surface area contributed by atoms with Gasteiger partial charge in [-0.1, -0.05) is 0 Å². The van der Waals surface area contributed by atoms with Gasteiger partial charge in [0.1, 0.15) is 6.34 Å². The molecule has 0 aliphatic heterocycles. The number of hydrogen-bond acceptors (Lipinski definition) is 1. The van der Waals surface area contributed by atoms with Crippen LogP contribution in [0.2, 0.25) is 0 Å². The molecule has 0 amide bonds. The minimum atomic E-state index is 0.719. The molecule has 0 spiro atoms. The second-order valence-electron chi connectivity index (χ2n) is 2.17. The molecule has 0 bridgehead atoms. The summed E-state index contributed by atoms with van der Waals surface area (Å²) in [5, 5.41) is 6.64. The molecule has 2 heteroatoms. The zero-order valence-electron chi connectivity index (χ0n) is 5.02. The maximum Gasteiger partial charge on any atom is 0.106 e. The predicted octanol–water partition coefficient (Wildman–Crippen LogP) is 1.46. The average molecular weight is 110 g/mol. The van der Waals surface area contributed by atoms with Crippen LogP contribution in [0.5, 0.6) is 0 Å². The van der Waals surface area contributed by atoms with Crippen molar-refractivity contribution in [3.63, 3.8) is 0 Å². The Morgan fingerprint density at radius 1 is 1.75 bits per heavy atom. The molecule has 1 aliphatic rings. The van der Waals surface area contributed by atoms with Gasteiger partial charge in [-0.05, 0) is 25.7 Å². The lowest BCUT2D eigenvalue weighted by Crippen LogP contribution is -1.92. The molecule has 0 heterocycles. The molecule has 1 rings (SSSR count). The van der Waals surface area contributed by atoms with E-state index in [0.717, 1.165) is 18.0 Å². The van der Waals surface area contributed by atoms with Gasteiger partial charge in [0.05, 0.1) is 0 Å². The largest absolute Gasteiger partial charge is 0.290 e. The van der Waals surface area contributed by atoms with Crippen molar-refractivity contribution in [3.05, 3.63) is 0 Å². The van der Waals surface area contributed by atoms with Crippen LogP contribution in [0.15, 0.2) is 4.99 Å². The Morgan fingerprint density at radius 3 is 2.75 bits per heavy atom. The summed E-state index contributed by atoms with van der Waals surface area (Å²) in [6, 6.07) is 0. The Morgan fingerprint density at radius 2 is 2.38 bits per heavy atom. The number of nitrogens with zero attached hydrogens (tertiary/aromatic N) is 1. The third kappa shape index (κ3) is 1.15. The van der Waals surface area contributed by atoms with Crippen molar-refractivity contribution in [2.24, 2.45) is 10.9 Å². The van der Waals surface area contributed by atoms with Crippen LogP contribution < -0.4 is 0 Å². The Balaban J connectivity index is 2.41. The minimum Gasteiger partial charge on any atom is -0.290 e. The molecule has 44 valence electrons. The van der Waals surface area contributed by atoms with Gasteiger partial charge in [-0.3, -0.25) is 5.41 Å². The van der Waals surface area contributed by atoms with E-state index in [1.807, 2.05) is 6.92 Å². The van der Waals surface area contributed by atoms with Crippen molar-refractivity contribution in [1.29, 1.82) is 5.41 Å². The van der Waals surface area contributed by atoms with Crippen LogP contribution in [0.4, 0.5) is 0 Å². The standard InChI is InChI=1S/C6H10N2/c1-5(8-4-7)6-2-3-6/h4,6-7H,2-3H2,1H3. The van der Waals surface area contributed by atoms with E-state index in [2.05, 4.69) is 4.99 Å². The van der Waals surface area contributed by atoms with E-state index in [0.29, 0.717) is 0 Å². The summed E-state index contributed by atoms with van der Waals surface area (Å²) in [7, 11) is 0. The molecule has 0 radical (unpaired) electrons. The van der Waals surface area contributed by atoms with E-state index in [9.17, 15) is 0 Å². The molecule has 8 heavy (non-hydrogen) atoms. The van der Waals surface area contributed by atoms with Crippen molar-refractivity contribution in [2.75, 3.05) is 0 Å². The van der Waals surface area contributed by atoms with Crippen LogP contribution in [0, 0.1) is 11.3 Å². The van der Waals surface area contributed by atoms with Crippen molar-refractivity contribution in [2.45, 2.75) is 19.8 Å². The molecule has 2 nitrogen and oxygen atoms in total. The van der Waals surface area contributed by atoms with Crippen molar-refractivity contribution >= 4 is 12.1 Å². The second kappa shape index (κ2) is 2.07. The van der Waals surface area contributed by atoms with Gasteiger partial charge in [0.15, 0.2) is 0 Å². The highest BCUT2D eigenvalue weighted by molar-refractivity contribution is 5.91. The fourth-order valence-electron chi connectivity index (χ4n) is 0.708. The molecule has 0 aromatic rings. The lowest BCUT2D eigenvalue weighted by Gasteiger charge is -1.87. The first kappa shape index (κ1) is 5.48. The molecule has 1 saturated carbocycles. The van der Waals surface area contributed by atoms with Crippen molar-refractivity contribution in [3.8, 4) is 0 Å². The topological polar surface area (TPSA) is 36.2 Å². The molecule has 1 aliphatic carbocycles. The van der Waals surface area contributed by atoms with E-state index in [-0.39, 0.29) is 0 Å². The van der Waals surface area contributed by atoms with Gasteiger partial charge in [-0.25, -0.2) is 4.99 Å². The van der Waals surface area contributed by atoms with Crippen molar-refractivity contribution < 1.29 is 0 Å². The molecule has 0 aromatic carbocycles. The monoisotopic (exact) mass is 110 g/mol. The van der Waals surface area contributed by atoms with E-state index in [1.165, 1.54) is 12.8 Å². The number of rotatable bonds is 2. The Bertz CT molecular complexity index is 122. The van der Waals surface area contributed by atoms with Crippen LogP contribution in [0.1, 0.15) is 19.8 Å². The van der Waals surface area contributed by atoms with E-state index in [1.54, 1.807) is 0 Å². The first-order valence-electron chi connectivity index (χ1n) is 2.88. The minimum absolute atomic E-state index is 0.719. The number of nitrogens with one attached hydrogen (secondary N) is 1. The molecule has 1 N–H and O–H groups in total. The number of hydrogen-bond donors (Lipinski definition) is 1. The van der Waals surface area contributed by atoms with Gasteiger partial charge in [0.2, 0.25) is 0 Å². The third-order valence-electron chi connectivity index (χ3n) is 1.44. The Kier molecular flexibility index (Phi) is 1.42. The van der Waals surface area contributed by atoms with Crippen LogP contribution >= 0.6 is 0 Å². The van der Waals surface area contributed by atoms with Gasteiger partial charge >= 0.3 is 0 Å². The molecule has 0 saturated heterocycles. The first-order valence-corrected chi connectivity index (χ1v) is 2.88. The Hall–Kier alpha value is -0.660. The van der Waals surface area contributed by atoms with Crippen LogP contribution in [-0.4, -0.2) is 12.1 Å². The molecule has 1 fully saturated rings. The van der Waals surface area contributed by atoms with Crippen LogP contribution in [-0.2, 0) is 0 Å². The second-order valence-corrected chi connectivity index (χ2v) is 2.17. The third-order valence-corrected chi connectivity index (χ3v) is 1.44. The van der Waals surface area contributed by atoms with Gasteiger partial charge < -0.3 is 0 Å². The van der Waals surface area contributed by atoms with Gasteiger partial charge in [0, 0.05) is 5.71 Å². The number of aliphatic imine (C=N–C) groups is 1. The summed E-state index contributed by atoms with van der Waals surface area (Å²) >= 11 is 0. The Labute approximate surface area is 49.1 Å². The van der Waals surface area contributed by atoms with Crippen LogP contribution in [0.25, 0.3) is 0 Å². The summed E-state index contributed by atoms with van der Waals surface area (Å²) in [6.07, 6.45) is 3.68. The summed E-state index contributed by atoms with van der Waals surface area (Å²) in [5.74, 6) is 0.719. The fourth-order valence-corrected chi connectivity index (χ4v) is 0.708. The summed E-state index contributed by atoms with van der Waals surface area (Å²) in [5.41, 5.74) is 1.12. The zero-order chi connectivity index (χ0) is 5.98. The summed E-state index contributed by atoms with van der Waals surface area (Å²) in [4.78, 5) is 3.84. The molecule has 0 aromatic heterocycles.